The number of carbonyl (C=O) groups excluding carboxylic acids is 2. The molecule has 0 fully saturated rings. The van der Waals surface area contributed by atoms with Crippen LogP contribution in [0, 0.1) is 5.92 Å². The summed E-state index contributed by atoms with van der Waals surface area (Å²) in [6.45, 7) is 5.81. The number of para-hydroxylation sites is 1. The van der Waals surface area contributed by atoms with Crippen LogP contribution in [0.4, 0.5) is 0 Å². The molecule has 0 bridgehead atoms. The van der Waals surface area contributed by atoms with E-state index in [-0.39, 0.29) is 17.9 Å². The van der Waals surface area contributed by atoms with Gasteiger partial charge in [0.25, 0.3) is 11.8 Å². The summed E-state index contributed by atoms with van der Waals surface area (Å²) in [5, 5.41) is 0. The quantitative estimate of drug-likeness (QED) is 0.723. The van der Waals surface area contributed by atoms with Crippen molar-refractivity contribution in [3.8, 4) is 11.6 Å². The zero-order valence-corrected chi connectivity index (χ0v) is 19.4. The highest BCUT2D eigenvalue weighted by molar-refractivity contribution is 5.97. The summed E-state index contributed by atoms with van der Waals surface area (Å²) in [7, 11) is 3.36. The largest absolute Gasteiger partial charge is 0.491 e. The molecule has 7 heteroatoms. The average molecular weight is 440 g/mol. The van der Waals surface area contributed by atoms with Crippen LogP contribution in [0.2, 0.25) is 0 Å². The number of carbonyl (C=O) groups is 2. The topological polar surface area (TPSA) is 72.0 Å². The third-order valence-corrected chi connectivity index (χ3v) is 5.68. The number of aromatic nitrogens is 1. The summed E-state index contributed by atoms with van der Waals surface area (Å²) in [4.78, 5) is 34.2. The first kappa shape index (κ1) is 23.6. The molecule has 172 valence electrons. The van der Waals surface area contributed by atoms with Crippen LogP contribution in [-0.4, -0.2) is 66.5 Å². The molecule has 0 saturated heterocycles. The van der Waals surface area contributed by atoms with E-state index in [0.717, 1.165) is 19.3 Å². The fraction of sp³-hybridized carbons (Fsp3) is 0.480. The molecule has 0 unspecified atom stereocenters. The van der Waals surface area contributed by atoms with Crippen LogP contribution in [0.1, 0.15) is 53.8 Å². The second-order valence-electron chi connectivity index (χ2n) is 8.61. The highest BCUT2D eigenvalue weighted by Gasteiger charge is 2.28. The molecule has 2 heterocycles. The molecule has 2 aromatic rings. The molecule has 2 amide bonds. The van der Waals surface area contributed by atoms with E-state index < -0.39 is 0 Å². The predicted octanol–water partition coefficient (Wildman–Crippen LogP) is 3.89. The van der Waals surface area contributed by atoms with Crippen molar-refractivity contribution < 1.29 is 19.1 Å². The Balaban J connectivity index is 1.92. The lowest BCUT2D eigenvalue weighted by molar-refractivity contribution is 0.0558. The van der Waals surface area contributed by atoms with Crippen molar-refractivity contribution in [1.82, 2.24) is 14.8 Å². The van der Waals surface area contributed by atoms with Gasteiger partial charge >= 0.3 is 0 Å². The van der Waals surface area contributed by atoms with E-state index in [1.54, 1.807) is 43.5 Å². The average Bonchev–Trinajstić information content (AvgIpc) is 2.80. The lowest BCUT2D eigenvalue weighted by atomic mass is 10.0. The van der Waals surface area contributed by atoms with Gasteiger partial charge in [-0.3, -0.25) is 9.59 Å². The number of hydrogen-bond acceptors (Lipinski definition) is 5. The molecule has 1 aromatic heterocycles. The van der Waals surface area contributed by atoms with Crippen LogP contribution in [-0.2, 0) is 0 Å². The maximum absolute atomic E-state index is 13.5. The Kier molecular flexibility index (Phi) is 8.09. The molecule has 7 nitrogen and oxygen atoms in total. The fourth-order valence-corrected chi connectivity index (χ4v) is 3.97. The van der Waals surface area contributed by atoms with Crippen molar-refractivity contribution in [3.05, 3.63) is 53.7 Å². The number of rotatable bonds is 4. The van der Waals surface area contributed by atoms with Crippen LogP contribution in [0.15, 0.2) is 42.6 Å². The number of methoxy groups -OCH3 is 1. The summed E-state index contributed by atoms with van der Waals surface area (Å²) in [5.74, 6) is 1.30. The highest BCUT2D eigenvalue weighted by atomic mass is 16.5. The van der Waals surface area contributed by atoms with Gasteiger partial charge in [0.05, 0.1) is 24.3 Å². The number of pyridine rings is 1. The Labute approximate surface area is 190 Å². The minimum atomic E-state index is -0.120. The summed E-state index contributed by atoms with van der Waals surface area (Å²) in [6.07, 6.45) is 3.96. The summed E-state index contributed by atoms with van der Waals surface area (Å²) < 4.78 is 11.3. The first-order valence-electron chi connectivity index (χ1n) is 11.2. The molecule has 3 rings (SSSR count). The number of nitrogens with zero attached hydrogens (tertiary/aromatic N) is 3. The van der Waals surface area contributed by atoms with Crippen LogP contribution < -0.4 is 9.47 Å². The highest BCUT2D eigenvalue weighted by Crippen LogP contribution is 2.24. The molecule has 0 radical (unpaired) electrons. The van der Waals surface area contributed by atoms with Crippen LogP contribution in [0.25, 0.3) is 0 Å². The third kappa shape index (κ3) is 5.78. The Morgan fingerprint density at radius 1 is 1.19 bits per heavy atom. The molecular formula is C25H33N3O4. The minimum absolute atomic E-state index is 0.0428. The van der Waals surface area contributed by atoms with Gasteiger partial charge in [0, 0.05) is 32.4 Å². The van der Waals surface area contributed by atoms with Gasteiger partial charge in [0.15, 0.2) is 0 Å². The molecule has 0 aliphatic carbocycles. The van der Waals surface area contributed by atoms with Crippen molar-refractivity contribution in [2.24, 2.45) is 5.92 Å². The SMILES string of the molecule is COc1ccc(C(=O)N2CCCCN(C)C(=O)c3ccccc3OC[C@@H]2CC(C)C)cn1. The van der Waals surface area contributed by atoms with Crippen LogP contribution in [0.3, 0.4) is 0 Å². The van der Waals surface area contributed by atoms with Crippen molar-refractivity contribution in [3.63, 3.8) is 0 Å². The van der Waals surface area contributed by atoms with Gasteiger partial charge in [-0.2, -0.15) is 0 Å². The van der Waals surface area contributed by atoms with E-state index in [2.05, 4.69) is 18.8 Å². The fourth-order valence-electron chi connectivity index (χ4n) is 3.97. The van der Waals surface area contributed by atoms with Gasteiger partial charge in [-0.05, 0) is 43.4 Å². The molecule has 1 aliphatic rings. The standard InChI is InChI=1S/C25H33N3O4/c1-18(2)15-20-17-32-22-10-6-5-9-21(22)25(30)27(3)13-7-8-14-28(20)24(29)19-11-12-23(31-4)26-16-19/h5-6,9-12,16,18,20H,7-8,13-15,17H2,1-4H3/t20-/m0/s1. The zero-order chi connectivity index (χ0) is 23.1. The lowest BCUT2D eigenvalue weighted by Gasteiger charge is -2.34. The van der Waals surface area contributed by atoms with E-state index in [4.69, 9.17) is 9.47 Å². The first-order chi connectivity index (χ1) is 15.4. The van der Waals surface area contributed by atoms with Crippen molar-refractivity contribution in [2.45, 2.75) is 39.2 Å². The third-order valence-electron chi connectivity index (χ3n) is 5.68. The van der Waals surface area contributed by atoms with E-state index in [9.17, 15) is 9.59 Å². The van der Waals surface area contributed by atoms with Crippen LogP contribution >= 0.6 is 0 Å². The van der Waals surface area contributed by atoms with E-state index in [1.165, 1.54) is 0 Å². The first-order valence-corrected chi connectivity index (χ1v) is 11.2. The van der Waals surface area contributed by atoms with E-state index in [1.807, 2.05) is 23.1 Å². The predicted molar refractivity (Wildman–Crippen MR) is 123 cm³/mol. The summed E-state index contributed by atoms with van der Waals surface area (Å²) >= 11 is 0. The second kappa shape index (κ2) is 11.0. The van der Waals surface area contributed by atoms with Gasteiger partial charge in [0.1, 0.15) is 12.4 Å². The van der Waals surface area contributed by atoms with Gasteiger partial charge < -0.3 is 19.3 Å². The Morgan fingerprint density at radius 3 is 2.62 bits per heavy atom. The normalized spacial score (nSPS) is 17.8. The molecular weight excluding hydrogens is 406 g/mol. The zero-order valence-electron chi connectivity index (χ0n) is 19.4. The van der Waals surface area contributed by atoms with E-state index >= 15 is 0 Å². The number of amides is 2. The Morgan fingerprint density at radius 2 is 1.94 bits per heavy atom. The van der Waals surface area contributed by atoms with Gasteiger partial charge in [-0.25, -0.2) is 4.98 Å². The molecule has 0 N–H and O–H groups in total. The van der Waals surface area contributed by atoms with Crippen molar-refractivity contribution >= 4 is 11.8 Å². The summed E-state index contributed by atoms with van der Waals surface area (Å²) in [5.41, 5.74) is 1.08. The smallest absolute Gasteiger partial charge is 0.257 e. The molecule has 32 heavy (non-hydrogen) atoms. The number of ether oxygens (including phenoxy) is 2. The van der Waals surface area contributed by atoms with Crippen molar-refractivity contribution in [2.75, 3.05) is 33.9 Å². The molecule has 1 aliphatic heterocycles. The maximum Gasteiger partial charge on any atom is 0.257 e. The van der Waals surface area contributed by atoms with Crippen molar-refractivity contribution in [1.29, 1.82) is 0 Å². The van der Waals surface area contributed by atoms with Gasteiger partial charge in [0.2, 0.25) is 5.88 Å². The monoisotopic (exact) mass is 439 g/mol. The van der Waals surface area contributed by atoms with Crippen LogP contribution in [0.5, 0.6) is 11.6 Å². The van der Waals surface area contributed by atoms with Gasteiger partial charge in [-0.15, -0.1) is 0 Å². The maximum atomic E-state index is 13.5. The number of fused-ring (bicyclic) bond motifs is 1. The second-order valence-corrected chi connectivity index (χ2v) is 8.61. The number of benzene rings is 1. The molecule has 1 aromatic carbocycles. The lowest BCUT2D eigenvalue weighted by Crippen LogP contribution is -2.45. The molecule has 0 saturated carbocycles. The summed E-state index contributed by atoms with van der Waals surface area (Å²) in [6, 6.07) is 10.7. The number of hydrogen-bond donors (Lipinski definition) is 0. The molecule has 1 atom stereocenters. The van der Waals surface area contributed by atoms with E-state index in [0.29, 0.717) is 48.4 Å². The minimum Gasteiger partial charge on any atom is -0.491 e. The molecule has 0 spiro atoms. The van der Waals surface area contributed by atoms with Gasteiger partial charge in [-0.1, -0.05) is 26.0 Å². The Hall–Kier alpha value is -3.09. The Bertz CT molecular complexity index is 914.